The summed E-state index contributed by atoms with van der Waals surface area (Å²) in [5.74, 6) is -1.33. The minimum Gasteiger partial charge on any atom is -0.318 e. The number of carbonyl (C=O) groups is 3. The molecule has 3 aromatic rings. The van der Waals surface area contributed by atoms with Crippen LogP contribution in [0.3, 0.4) is 0 Å². The normalized spacial score (nSPS) is 15.5. The molecule has 0 aliphatic carbocycles. The topological polar surface area (TPSA) is 71.4 Å². The Labute approximate surface area is 180 Å². The Morgan fingerprint density at radius 3 is 2.06 bits per heavy atom. The van der Waals surface area contributed by atoms with Gasteiger partial charge in [-0.1, -0.05) is 24.3 Å². The Kier molecular flexibility index (Phi) is 5.07. The molecule has 1 N–H and O–H groups in total. The minimum atomic E-state index is -0.747. The van der Waals surface area contributed by atoms with Crippen molar-refractivity contribution in [3.63, 3.8) is 0 Å². The van der Waals surface area contributed by atoms with Crippen LogP contribution in [0, 0.1) is 27.7 Å². The smallest absolute Gasteiger partial charge is 0.318 e. The Bertz CT molecular complexity index is 1270. The number of hydrogen-bond acceptors (Lipinski definition) is 3. The first-order valence-electron chi connectivity index (χ1n) is 10.0. The van der Waals surface area contributed by atoms with Crippen LogP contribution in [0.4, 0.5) is 10.5 Å². The molecule has 0 bridgehead atoms. The first kappa shape index (κ1) is 20.3. The van der Waals surface area contributed by atoms with E-state index in [-0.39, 0.29) is 5.57 Å². The predicted octanol–water partition coefficient (Wildman–Crippen LogP) is 4.38. The van der Waals surface area contributed by atoms with Gasteiger partial charge in [0, 0.05) is 17.1 Å². The highest BCUT2D eigenvalue weighted by molar-refractivity contribution is 6.39. The Hall–Kier alpha value is -3.93. The zero-order valence-corrected chi connectivity index (χ0v) is 17.9. The zero-order chi connectivity index (χ0) is 22.3. The molecule has 1 aromatic heterocycles. The number of anilines is 1. The summed E-state index contributed by atoms with van der Waals surface area (Å²) in [6.07, 6.45) is 1.56. The van der Waals surface area contributed by atoms with Gasteiger partial charge in [-0.05, 0) is 80.8 Å². The standard InChI is InChI=1S/C25H23N3O3/c1-15-7-5-9-20(11-15)27-17(3)13-19(18(27)4)14-22-23(29)26-25(31)28(24(22)30)21-10-6-8-16(2)12-21/h5-14H,1-4H3,(H,26,29,31)/b22-14+. The molecule has 4 amide bonds. The van der Waals surface area contributed by atoms with Crippen molar-refractivity contribution in [1.82, 2.24) is 9.88 Å². The van der Waals surface area contributed by atoms with Crippen molar-refractivity contribution in [2.45, 2.75) is 27.7 Å². The molecule has 1 saturated heterocycles. The fourth-order valence-electron chi connectivity index (χ4n) is 3.91. The van der Waals surface area contributed by atoms with Gasteiger partial charge in [-0.15, -0.1) is 0 Å². The number of hydrogen-bond donors (Lipinski definition) is 1. The molecule has 2 aromatic carbocycles. The molecule has 6 nitrogen and oxygen atoms in total. The first-order valence-corrected chi connectivity index (χ1v) is 10.0. The summed E-state index contributed by atoms with van der Waals surface area (Å²) in [5.41, 5.74) is 6.02. The fourth-order valence-corrected chi connectivity index (χ4v) is 3.91. The van der Waals surface area contributed by atoms with Gasteiger partial charge in [0.05, 0.1) is 5.69 Å². The van der Waals surface area contributed by atoms with E-state index in [9.17, 15) is 14.4 Å². The number of urea groups is 1. The number of imide groups is 2. The number of benzene rings is 2. The molecular formula is C25H23N3O3. The molecule has 0 unspecified atom stereocenters. The van der Waals surface area contributed by atoms with Gasteiger partial charge in [-0.2, -0.15) is 0 Å². The van der Waals surface area contributed by atoms with E-state index >= 15 is 0 Å². The Morgan fingerprint density at radius 2 is 1.42 bits per heavy atom. The number of nitrogens with zero attached hydrogens (tertiary/aromatic N) is 2. The average molecular weight is 413 g/mol. The van der Waals surface area contributed by atoms with E-state index in [4.69, 9.17) is 0 Å². The van der Waals surface area contributed by atoms with Crippen LogP contribution in [0.25, 0.3) is 11.8 Å². The maximum atomic E-state index is 13.1. The van der Waals surface area contributed by atoms with Crippen LogP contribution in [-0.4, -0.2) is 22.4 Å². The predicted molar refractivity (Wildman–Crippen MR) is 120 cm³/mol. The Morgan fingerprint density at radius 1 is 0.806 bits per heavy atom. The number of aromatic nitrogens is 1. The summed E-state index contributed by atoms with van der Waals surface area (Å²) in [6.45, 7) is 7.82. The van der Waals surface area contributed by atoms with Crippen molar-refractivity contribution in [1.29, 1.82) is 0 Å². The lowest BCUT2D eigenvalue weighted by Gasteiger charge is -2.26. The molecule has 156 valence electrons. The third-order valence-corrected chi connectivity index (χ3v) is 5.39. The van der Waals surface area contributed by atoms with E-state index in [1.165, 1.54) is 0 Å². The van der Waals surface area contributed by atoms with E-state index in [1.807, 2.05) is 58.0 Å². The highest BCUT2D eigenvalue weighted by Gasteiger charge is 2.37. The number of amides is 4. The van der Waals surface area contributed by atoms with Crippen molar-refractivity contribution >= 4 is 29.6 Å². The quantitative estimate of drug-likeness (QED) is 0.512. The van der Waals surface area contributed by atoms with Crippen molar-refractivity contribution in [2.24, 2.45) is 0 Å². The van der Waals surface area contributed by atoms with E-state index in [2.05, 4.69) is 16.0 Å². The van der Waals surface area contributed by atoms with Gasteiger partial charge in [-0.3, -0.25) is 14.9 Å². The zero-order valence-electron chi connectivity index (χ0n) is 17.9. The van der Waals surface area contributed by atoms with Crippen molar-refractivity contribution in [3.8, 4) is 5.69 Å². The van der Waals surface area contributed by atoms with E-state index < -0.39 is 17.8 Å². The summed E-state index contributed by atoms with van der Waals surface area (Å²) in [6, 6.07) is 16.3. The number of carbonyl (C=O) groups excluding carboxylic acids is 3. The fraction of sp³-hybridized carbons (Fsp3) is 0.160. The second-order valence-electron chi connectivity index (χ2n) is 7.80. The van der Waals surface area contributed by atoms with Crippen LogP contribution in [0.2, 0.25) is 0 Å². The molecule has 6 heteroatoms. The highest BCUT2D eigenvalue weighted by Crippen LogP contribution is 2.26. The molecule has 4 rings (SSSR count). The van der Waals surface area contributed by atoms with Gasteiger partial charge in [0.25, 0.3) is 11.8 Å². The van der Waals surface area contributed by atoms with Crippen LogP contribution >= 0.6 is 0 Å². The number of barbiturate groups is 1. The number of aryl methyl sites for hydroxylation is 3. The number of rotatable bonds is 3. The third-order valence-electron chi connectivity index (χ3n) is 5.39. The molecular weight excluding hydrogens is 390 g/mol. The van der Waals surface area contributed by atoms with Gasteiger partial charge in [0.2, 0.25) is 0 Å². The molecule has 0 atom stereocenters. The lowest BCUT2D eigenvalue weighted by molar-refractivity contribution is -0.122. The van der Waals surface area contributed by atoms with Crippen LogP contribution in [0.15, 0.2) is 60.2 Å². The van der Waals surface area contributed by atoms with Crippen LogP contribution in [-0.2, 0) is 9.59 Å². The van der Waals surface area contributed by atoms with Crippen LogP contribution < -0.4 is 10.2 Å². The first-order chi connectivity index (χ1) is 14.8. The lowest BCUT2D eigenvalue weighted by atomic mass is 10.1. The largest absolute Gasteiger partial charge is 0.335 e. The Balaban J connectivity index is 1.77. The van der Waals surface area contributed by atoms with Crippen molar-refractivity contribution < 1.29 is 14.4 Å². The summed E-state index contributed by atoms with van der Waals surface area (Å²) < 4.78 is 2.08. The maximum absolute atomic E-state index is 13.1. The second-order valence-corrected chi connectivity index (χ2v) is 7.80. The van der Waals surface area contributed by atoms with Gasteiger partial charge < -0.3 is 4.57 Å². The molecule has 1 fully saturated rings. The van der Waals surface area contributed by atoms with Crippen molar-refractivity contribution in [2.75, 3.05) is 4.90 Å². The van der Waals surface area contributed by atoms with Gasteiger partial charge >= 0.3 is 6.03 Å². The van der Waals surface area contributed by atoms with Crippen LogP contribution in [0.1, 0.15) is 28.1 Å². The van der Waals surface area contributed by atoms with Gasteiger partial charge in [-0.25, -0.2) is 9.69 Å². The third kappa shape index (κ3) is 3.68. The second kappa shape index (κ2) is 7.72. The molecule has 1 aliphatic heterocycles. The van der Waals surface area contributed by atoms with E-state index in [0.717, 1.165) is 38.7 Å². The highest BCUT2D eigenvalue weighted by atomic mass is 16.2. The summed E-state index contributed by atoms with van der Waals surface area (Å²) >= 11 is 0. The lowest BCUT2D eigenvalue weighted by Crippen LogP contribution is -2.54. The molecule has 2 heterocycles. The minimum absolute atomic E-state index is 0.0781. The van der Waals surface area contributed by atoms with Crippen molar-refractivity contribution in [3.05, 3.63) is 88.2 Å². The van der Waals surface area contributed by atoms with E-state index in [1.54, 1.807) is 24.3 Å². The summed E-state index contributed by atoms with van der Waals surface area (Å²) in [7, 11) is 0. The monoisotopic (exact) mass is 413 g/mol. The van der Waals surface area contributed by atoms with Crippen LogP contribution in [0.5, 0.6) is 0 Å². The van der Waals surface area contributed by atoms with Gasteiger partial charge in [0.15, 0.2) is 0 Å². The molecule has 0 spiro atoms. The summed E-state index contributed by atoms with van der Waals surface area (Å²) in [5, 5.41) is 2.28. The van der Waals surface area contributed by atoms with E-state index in [0.29, 0.717) is 5.69 Å². The average Bonchev–Trinajstić information content (AvgIpc) is 2.98. The molecule has 0 saturated carbocycles. The van der Waals surface area contributed by atoms with Gasteiger partial charge in [0.1, 0.15) is 5.57 Å². The maximum Gasteiger partial charge on any atom is 0.335 e. The SMILES string of the molecule is Cc1cccc(N2C(=O)NC(=O)/C(=C\c3cc(C)n(-c4cccc(C)c4)c3C)C2=O)c1. The molecule has 1 aliphatic rings. The molecule has 31 heavy (non-hydrogen) atoms. The number of nitrogens with one attached hydrogen (secondary N) is 1. The summed E-state index contributed by atoms with van der Waals surface area (Å²) in [4.78, 5) is 39.1. The molecule has 0 radical (unpaired) electrons.